The number of carbonyl (C=O) groups is 1. The van der Waals surface area contributed by atoms with Crippen LogP contribution < -0.4 is 0 Å². The number of thiol groups is 1. The molecule has 0 rings (SSSR count). The SMILES string of the molecule is CN(C)C=CC(=O)S. The smallest absolute Gasteiger partial charge is 0.210 e. The van der Waals surface area contributed by atoms with Crippen molar-refractivity contribution < 1.29 is 4.79 Å². The molecule has 0 aromatic rings. The summed E-state index contributed by atoms with van der Waals surface area (Å²) >= 11 is 3.52. The number of rotatable bonds is 2. The molecule has 0 saturated heterocycles. The van der Waals surface area contributed by atoms with E-state index in [4.69, 9.17) is 0 Å². The number of hydrogen-bond acceptors (Lipinski definition) is 2. The molecule has 2 nitrogen and oxygen atoms in total. The van der Waals surface area contributed by atoms with Crippen molar-refractivity contribution in [3.8, 4) is 0 Å². The van der Waals surface area contributed by atoms with Gasteiger partial charge in [-0.1, -0.05) is 0 Å². The van der Waals surface area contributed by atoms with Gasteiger partial charge in [0.1, 0.15) is 0 Å². The van der Waals surface area contributed by atoms with Gasteiger partial charge in [0, 0.05) is 26.4 Å². The molecule has 46 valence electrons. The van der Waals surface area contributed by atoms with Gasteiger partial charge in [0.2, 0.25) is 5.12 Å². The number of nitrogens with zero attached hydrogens (tertiary/aromatic N) is 1. The van der Waals surface area contributed by atoms with Crippen LogP contribution in [0.5, 0.6) is 0 Å². The molecule has 8 heavy (non-hydrogen) atoms. The van der Waals surface area contributed by atoms with Crippen LogP contribution in [0.25, 0.3) is 0 Å². The van der Waals surface area contributed by atoms with Crippen LogP contribution in [0.1, 0.15) is 0 Å². The summed E-state index contributed by atoms with van der Waals surface area (Å²) in [5.41, 5.74) is 0. The molecule has 0 aliphatic carbocycles. The van der Waals surface area contributed by atoms with Crippen LogP contribution in [0.2, 0.25) is 0 Å². The maximum absolute atomic E-state index is 10.1. The van der Waals surface area contributed by atoms with Crippen molar-refractivity contribution in [2.24, 2.45) is 0 Å². The fraction of sp³-hybridized carbons (Fsp3) is 0.400. The van der Waals surface area contributed by atoms with Crippen LogP contribution in [-0.2, 0) is 4.79 Å². The minimum atomic E-state index is -0.223. The van der Waals surface area contributed by atoms with Crippen LogP contribution in [0.3, 0.4) is 0 Å². The lowest BCUT2D eigenvalue weighted by atomic mass is 10.6. The molecule has 0 aromatic heterocycles. The minimum Gasteiger partial charge on any atom is -0.383 e. The van der Waals surface area contributed by atoms with E-state index in [1.54, 1.807) is 11.1 Å². The van der Waals surface area contributed by atoms with Gasteiger partial charge in [0.05, 0.1) is 0 Å². The van der Waals surface area contributed by atoms with Gasteiger partial charge in [-0.05, 0) is 0 Å². The Hall–Kier alpha value is -0.440. The van der Waals surface area contributed by atoms with Crippen molar-refractivity contribution >= 4 is 17.7 Å². The molecule has 0 N–H and O–H groups in total. The predicted octanol–water partition coefficient (Wildman–Crippen LogP) is 0.518. The summed E-state index contributed by atoms with van der Waals surface area (Å²) in [4.78, 5) is 11.9. The summed E-state index contributed by atoms with van der Waals surface area (Å²) in [6, 6.07) is 0. The molecule has 0 amide bonds. The molecule has 0 spiro atoms. The Morgan fingerprint density at radius 1 is 1.62 bits per heavy atom. The molecule has 0 fully saturated rings. The molecular weight excluding hydrogens is 122 g/mol. The monoisotopic (exact) mass is 131 g/mol. The van der Waals surface area contributed by atoms with Gasteiger partial charge >= 0.3 is 0 Å². The lowest BCUT2D eigenvalue weighted by Crippen LogP contribution is -2.00. The molecule has 3 heteroatoms. The largest absolute Gasteiger partial charge is 0.383 e. The average Bonchev–Trinajstić information content (AvgIpc) is 1.61. The first-order valence-electron chi connectivity index (χ1n) is 2.20. The van der Waals surface area contributed by atoms with Crippen molar-refractivity contribution in [1.29, 1.82) is 0 Å². The maximum atomic E-state index is 10.1. The third kappa shape index (κ3) is 5.56. The fourth-order valence-corrected chi connectivity index (χ4v) is 0.280. The zero-order valence-corrected chi connectivity index (χ0v) is 5.85. The number of carbonyl (C=O) groups excluding carboxylic acids is 1. The fourth-order valence-electron chi connectivity index (χ4n) is 0.213. The highest BCUT2D eigenvalue weighted by atomic mass is 32.1. The molecule has 0 heterocycles. The van der Waals surface area contributed by atoms with E-state index in [2.05, 4.69) is 12.6 Å². The Kier molecular flexibility index (Phi) is 3.35. The van der Waals surface area contributed by atoms with Crippen LogP contribution in [0.15, 0.2) is 12.3 Å². The second-order valence-corrected chi connectivity index (χ2v) is 2.06. The molecule has 0 aromatic carbocycles. The van der Waals surface area contributed by atoms with Crippen molar-refractivity contribution in [3.63, 3.8) is 0 Å². The lowest BCUT2D eigenvalue weighted by Gasteiger charge is -2.00. The van der Waals surface area contributed by atoms with Crippen molar-refractivity contribution in [2.45, 2.75) is 0 Å². The molecule has 0 atom stereocenters. The molecule has 0 aliphatic rings. The summed E-state index contributed by atoms with van der Waals surface area (Å²) in [6.07, 6.45) is 3.04. The van der Waals surface area contributed by atoms with Gasteiger partial charge in [0.15, 0.2) is 0 Å². The third-order valence-electron chi connectivity index (χ3n) is 0.515. The second-order valence-electron chi connectivity index (χ2n) is 1.62. The van der Waals surface area contributed by atoms with Gasteiger partial charge < -0.3 is 4.90 Å². The quantitative estimate of drug-likeness (QED) is 0.435. The summed E-state index contributed by atoms with van der Waals surface area (Å²) in [5.74, 6) is 0. The van der Waals surface area contributed by atoms with Crippen LogP contribution >= 0.6 is 12.6 Å². The van der Waals surface area contributed by atoms with Gasteiger partial charge in [-0.15, -0.1) is 12.6 Å². The Morgan fingerprint density at radius 3 is 2.25 bits per heavy atom. The highest BCUT2D eigenvalue weighted by Gasteiger charge is 1.80. The van der Waals surface area contributed by atoms with E-state index in [9.17, 15) is 4.79 Å². The zero-order valence-electron chi connectivity index (χ0n) is 4.96. The minimum absolute atomic E-state index is 0.223. The highest BCUT2D eigenvalue weighted by Crippen LogP contribution is 1.82. The summed E-state index contributed by atoms with van der Waals surface area (Å²) in [7, 11) is 3.68. The average molecular weight is 131 g/mol. The molecule has 0 unspecified atom stereocenters. The Morgan fingerprint density at radius 2 is 2.12 bits per heavy atom. The predicted molar refractivity (Wildman–Crippen MR) is 36.8 cm³/mol. The van der Waals surface area contributed by atoms with Crippen molar-refractivity contribution in [1.82, 2.24) is 4.90 Å². The molecule has 0 aliphatic heterocycles. The van der Waals surface area contributed by atoms with Crippen molar-refractivity contribution in [3.05, 3.63) is 12.3 Å². The first kappa shape index (κ1) is 7.56. The standard InChI is InChI=1S/C5H9NOS/c1-6(2)4-3-5(7)8/h3-4H,1-2H3,(H,7,8). The lowest BCUT2D eigenvalue weighted by molar-refractivity contribution is -0.106. The van der Waals surface area contributed by atoms with Gasteiger partial charge in [-0.25, -0.2) is 0 Å². The van der Waals surface area contributed by atoms with Gasteiger partial charge in [-0.2, -0.15) is 0 Å². The molecule has 0 saturated carbocycles. The summed E-state index contributed by atoms with van der Waals surface area (Å²) < 4.78 is 0. The molecular formula is C5H9NOS. The second kappa shape index (κ2) is 3.55. The van der Waals surface area contributed by atoms with E-state index in [0.29, 0.717) is 0 Å². The van der Waals surface area contributed by atoms with E-state index in [-0.39, 0.29) is 5.12 Å². The topological polar surface area (TPSA) is 20.3 Å². The normalized spacial score (nSPS) is 9.88. The van der Waals surface area contributed by atoms with Crippen LogP contribution in [0.4, 0.5) is 0 Å². The zero-order chi connectivity index (χ0) is 6.57. The van der Waals surface area contributed by atoms with Gasteiger partial charge in [-0.3, -0.25) is 4.79 Å². The van der Waals surface area contributed by atoms with E-state index in [1.807, 2.05) is 14.1 Å². The third-order valence-corrected chi connectivity index (χ3v) is 0.664. The van der Waals surface area contributed by atoms with E-state index < -0.39 is 0 Å². The summed E-state index contributed by atoms with van der Waals surface area (Å²) in [5, 5.41) is -0.223. The van der Waals surface area contributed by atoms with Crippen LogP contribution in [0, 0.1) is 0 Å². The van der Waals surface area contributed by atoms with E-state index in [0.717, 1.165) is 0 Å². The van der Waals surface area contributed by atoms with Crippen LogP contribution in [-0.4, -0.2) is 24.1 Å². The first-order chi connectivity index (χ1) is 3.63. The highest BCUT2D eigenvalue weighted by molar-refractivity contribution is 7.97. The molecule has 0 radical (unpaired) electrons. The Balaban J connectivity index is 3.50. The number of hydrogen-bond donors (Lipinski definition) is 1. The first-order valence-corrected chi connectivity index (χ1v) is 2.65. The van der Waals surface area contributed by atoms with E-state index in [1.165, 1.54) is 6.08 Å². The summed E-state index contributed by atoms with van der Waals surface area (Å²) in [6.45, 7) is 0. The van der Waals surface area contributed by atoms with Gasteiger partial charge in [0.25, 0.3) is 0 Å². The Labute approximate surface area is 54.6 Å². The van der Waals surface area contributed by atoms with E-state index >= 15 is 0 Å². The maximum Gasteiger partial charge on any atom is 0.210 e. The van der Waals surface area contributed by atoms with Crippen molar-refractivity contribution in [2.75, 3.05) is 14.1 Å². The Bertz CT molecular complexity index is 109. The molecule has 0 bridgehead atoms.